The van der Waals surface area contributed by atoms with E-state index in [0.717, 1.165) is 0 Å². The lowest BCUT2D eigenvalue weighted by molar-refractivity contribution is -0.123. The fourth-order valence-electron chi connectivity index (χ4n) is 0.996. The van der Waals surface area contributed by atoms with E-state index in [1.165, 1.54) is 11.3 Å². The van der Waals surface area contributed by atoms with E-state index in [9.17, 15) is 9.59 Å². The number of aromatic nitrogens is 1. The molecule has 0 radical (unpaired) electrons. The smallest absolute Gasteiger partial charge is 0.270 e. The number of carbonyl (C=O) groups is 2. The van der Waals surface area contributed by atoms with E-state index in [4.69, 9.17) is 5.73 Å². The van der Waals surface area contributed by atoms with E-state index in [2.05, 4.69) is 15.6 Å². The van der Waals surface area contributed by atoms with E-state index in [1.54, 1.807) is 5.38 Å². The van der Waals surface area contributed by atoms with Gasteiger partial charge in [-0.3, -0.25) is 9.59 Å². The van der Waals surface area contributed by atoms with Gasteiger partial charge in [-0.1, -0.05) is 20.8 Å². The van der Waals surface area contributed by atoms with Crippen LogP contribution in [-0.2, 0) is 4.79 Å². The molecule has 0 bridgehead atoms. The van der Waals surface area contributed by atoms with Crippen LogP contribution < -0.4 is 16.4 Å². The Morgan fingerprint density at radius 1 is 1.44 bits per heavy atom. The maximum absolute atomic E-state index is 11.7. The van der Waals surface area contributed by atoms with Gasteiger partial charge in [-0.25, -0.2) is 4.98 Å². The van der Waals surface area contributed by atoms with Crippen LogP contribution in [0.15, 0.2) is 5.38 Å². The third-order valence-electron chi connectivity index (χ3n) is 2.07. The van der Waals surface area contributed by atoms with Crippen molar-refractivity contribution in [3.8, 4) is 0 Å². The Morgan fingerprint density at radius 2 is 2.11 bits per heavy atom. The monoisotopic (exact) mass is 270 g/mol. The SMILES string of the molecule is CC(C)(C)C(=O)Nc1nc(C(=O)NCCN)cs1. The Morgan fingerprint density at radius 3 is 2.67 bits per heavy atom. The summed E-state index contributed by atoms with van der Waals surface area (Å²) in [5.74, 6) is -0.418. The molecule has 0 atom stereocenters. The molecule has 0 aliphatic heterocycles. The Kier molecular flexibility index (Phi) is 4.80. The number of hydrogen-bond acceptors (Lipinski definition) is 5. The third kappa shape index (κ3) is 4.08. The molecular formula is C11H18N4O2S. The molecule has 1 rings (SSSR count). The lowest BCUT2D eigenvalue weighted by atomic mass is 9.96. The van der Waals surface area contributed by atoms with Gasteiger partial charge >= 0.3 is 0 Å². The zero-order chi connectivity index (χ0) is 13.8. The fraction of sp³-hybridized carbons (Fsp3) is 0.545. The second-order valence-corrected chi connectivity index (χ2v) is 5.64. The molecule has 1 aromatic heterocycles. The highest BCUT2D eigenvalue weighted by atomic mass is 32.1. The van der Waals surface area contributed by atoms with E-state index < -0.39 is 5.41 Å². The van der Waals surface area contributed by atoms with Crippen LogP contribution in [0.5, 0.6) is 0 Å². The highest BCUT2D eigenvalue weighted by molar-refractivity contribution is 7.14. The van der Waals surface area contributed by atoms with E-state index in [-0.39, 0.29) is 17.5 Å². The number of hydrogen-bond donors (Lipinski definition) is 3. The first kappa shape index (κ1) is 14.6. The molecule has 4 N–H and O–H groups in total. The molecule has 0 saturated carbocycles. The van der Waals surface area contributed by atoms with Crippen LogP contribution in [0.2, 0.25) is 0 Å². The summed E-state index contributed by atoms with van der Waals surface area (Å²) in [7, 11) is 0. The second kappa shape index (κ2) is 5.92. The molecule has 7 heteroatoms. The molecule has 0 saturated heterocycles. The minimum atomic E-state index is -0.492. The van der Waals surface area contributed by atoms with Gasteiger partial charge in [0, 0.05) is 23.9 Å². The molecule has 18 heavy (non-hydrogen) atoms. The van der Waals surface area contributed by atoms with Gasteiger partial charge in [0.15, 0.2) is 5.13 Å². The van der Waals surface area contributed by atoms with Crippen molar-refractivity contribution in [1.29, 1.82) is 0 Å². The zero-order valence-electron chi connectivity index (χ0n) is 10.7. The van der Waals surface area contributed by atoms with Gasteiger partial charge < -0.3 is 16.4 Å². The minimum Gasteiger partial charge on any atom is -0.349 e. The van der Waals surface area contributed by atoms with Crippen LogP contribution in [0.4, 0.5) is 5.13 Å². The Labute approximate surface area is 110 Å². The first-order chi connectivity index (χ1) is 8.34. The predicted molar refractivity (Wildman–Crippen MR) is 71.6 cm³/mol. The number of anilines is 1. The third-order valence-corrected chi connectivity index (χ3v) is 2.83. The number of nitrogens with one attached hydrogen (secondary N) is 2. The summed E-state index contributed by atoms with van der Waals surface area (Å²) in [6.45, 7) is 6.21. The number of amides is 2. The highest BCUT2D eigenvalue weighted by Gasteiger charge is 2.22. The number of nitrogens with two attached hydrogens (primary N) is 1. The maximum atomic E-state index is 11.7. The average molecular weight is 270 g/mol. The average Bonchev–Trinajstić information content (AvgIpc) is 2.73. The lowest BCUT2D eigenvalue weighted by Crippen LogP contribution is -2.29. The predicted octanol–water partition coefficient (Wildman–Crippen LogP) is 0.816. The van der Waals surface area contributed by atoms with Crippen molar-refractivity contribution in [2.24, 2.45) is 11.1 Å². The molecule has 0 fully saturated rings. The first-order valence-corrected chi connectivity index (χ1v) is 6.48. The van der Waals surface area contributed by atoms with Crippen molar-refractivity contribution in [2.75, 3.05) is 18.4 Å². The maximum Gasteiger partial charge on any atom is 0.270 e. The van der Waals surface area contributed by atoms with Crippen molar-refractivity contribution in [1.82, 2.24) is 10.3 Å². The van der Waals surface area contributed by atoms with Crippen LogP contribution in [0, 0.1) is 5.41 Å². The Balaban J connectivity index is 2.64. The van der Waals surface area contributed by atoms with E-state index >= 15 is 0 Å². The quantitative estimate of drug-likeness (QED) is 0.754. The van der Waals surface area contributed by atoms with Gasteiger partial charge in [0.25, 0.3) is 5.91 Å². The molecule has 1 aromatic rings. The van der Waals surface area contributed by atoms with Gasteiger partial charge in [0.2, 0.25) is 5.91 Å². The van der Waals surface area contributed by atoms with Crippen molar-refractivity contribution in [3.05, 3.63) is 11.1 Å². The number of rotatable bonds is 4. The van der Waals surface area contributed by atoms with Crippen molar-refractivity contribution < 1.29 is 9.59 Å². The molecule has 2 amide bonds. The van der Waals surface area contributed by atoms with Gasteiger partial charge in [-0.2, -0.15) is 0 Å². The summed E-state index contributed by atoms with van der Waals surface area (Å²) < 4.78 is 0. The van der Waals surface area contributed by atoms with E-state index in [1.807, 2.05) is 20.8 Å². The summed E-state index contributed by atoms with van der Waals surface area (Å²) in [5, 5.41) is 7.32. The van der Waals surface area contributed by atoms with Gasteiger partial charge in [0.05, 0.1) is 0 Å². The van der Waals surface area contributed by atoms with Gasteiger partial charge in [0.1, 0.15) is 5.69 Å². The normalized spacial score (nSPS) is 11.1. The highest BCUT2D eigenvalue weighted by Crippen LogP contribution is 2.20. The second-order valence-electron chi connectivity index (χ2n) is 4.79. The summed E-state index contributed by atoms with van der Waals surface area (Å²) in [4.78, 5) is 27.3. The molecular weight excluding hydrogens is 252 g/mol. The van der Waals surface area contributed by atoms with Crippen LogP contribution in [0.1, 0.15) is 31.3 Å². The first-order valence-electron chi connectivity index (χ1n) is 5.60. The zero-order valence-corrected chi connectivity index (χ0v) is 11.6. The van der Waals surface area contributed by atoms with Crippen LogP contribution >= 0.6 is 11.3 Å². The molecule has 1 heterocycles. The number of nitrogens with zero attached hydrogens (tertiary/aromatic N) is 1. The molecule has 0 aromatic carbocycles. The largest absolute Gasteiger partial charge is 0.349 e. The topological polar surface area (TPSA) is 97.1 Å². The lowest BCUT2D eigenvalue weighted by Gasteiger charge is -2.15. The molecule has 6 nitrogen and oxygen atoms in total. The summed E-state index contributed by atoms with van der Waals surface area (Å²) in [6.07, 6.45) is 0. The molecule has 0 spiro atoms. The number of carbonyl (C=O) groups excluding carboxylic acids is 2. The van der Waals surface area contributed by atoms with Crippen molar-refractivity contribution in [2.45, 2.75) is 20.8 Å². The van der Waals surface area contributed by atoms with Gasteiger partial charge in [-0.05, 0) is 0 Å². The number of thiazole rings is 1. The van der Waals surface area contributed by atoms with Crippen LogP contribution in [0.3, 0.4) is 0 Å². The Bertz CT molecular complexity index is 436. The van der Waals surface area contributed by atoms with Crippen LogP contribution in [-0.4, -0.2) is 29.9 Å². The van der Waals surface area contributed by atoms with Crippen molar-refractivity contribution >= 4 is 28.3 Å². The molecule has 0 aliphatic rings. The summed E-state index contributed by atoms with van der Waals surface area (Å²) in [5.41, 5.74) is 5.08. The minimum absolute atomic E-state index is 0.134. The summed E-state index contributed by atoms with van der Waals surface area (Å²) >= 11 is 1.22. The fourth-order valence-corrected chi connectivity index (χ4v) is 1.68. The Hall–Kier alpha value is -1.47. The summed E-state index contributed by atoms with van der Waals surface area (Å²) in [6, 6.07) is 0. The van der Waals surface area contributed by atoms with Gasteiger partial charge in [-0.15, -0.1) is 11.3 Å². The standard InChI is InChI=1S/C11H18N4O2S/c1-11(2,3)9(17)15-10-14-7(6-18-10)8(16)13-5-4-12/h6H,4-5,12H2,1-3H3,(H,13,16)(H,14,15,17). The molecule has 0 aliphatic carbocycles. The molecule has 100 valence electrons. The molecule has 0 unspecified atom stereocenters. The van der Waals surface area contributed by atoms with Crippen LogP contribution in [0.25, 0.3) is 0 Å². The van der Waals surface area contributed by atoms with Crippen molar-refractivity contribution in [3.63, 3.8) is 0 Å². The van der Waals surface area contributed by atoms with E-state index in [0.29, 0.717) is 18.2 Å².